The second-order valence-electron chi connectivity index (χ2n) is 7.44. The smallest absolute Gasteiger partial charge is 0.230 e. The summed E-state index contributed by atoms with van der Waals surface area (Å²) in [7, 11) is 1.90. The highest BCUT2D eigenvalue weighted by Crippen LogP contribution is 2.26. The van der Waals surface area contributed by atoms with Crippen molar-refractivity contribution in [2.75, 3.05) is 5.75 Å². The molecular formula is C23H26N4O2S. The van der Waals surface area contributed by atoms with E-state index >= 15 is 0 Å². The summed E-state index contributed by atoms with van der Waals surface area (Å²) in [5.74, 6) is 1.87. The van der Waals surface area contributed by atoms with Crippen LogP contribution in [0.3, 0.4) is 0 Å². The Morgan fingerprint density at radius 1 is 1.10 bits per heavy atom. The topological polar surface area (TPSA) is 69.0 Å². The van der Waals surface area contributed by atoms with E-state index in [2.05, 4.69) is 27.6 Å². The number of fused-ring (bicyclic) bond motifs is 1. The number of amides is 1. The Bertz CT molecular complexity index is 1000. The SMILES string of the molecule is Cn1c(COc2ccc3c(c2)CCCC3)nnc1SCC(=O)NCc1ccccc1. The van der Waals surface area contributed by atoms with Gasteiger partial charge in [0, 0.05) is 13.6 Å². The molecule has 1 N–H and O–H groups in total. The molecule has 0 unspecified atom stereocenters. The van der Waals surface area contributed by atoms with E-state index in [0.29, 0.717) is 24.1 Å². The van der Waals surface area contributed by atoms with Gasteiger partial charge in [-0.3, -0.25) is 4.79 Å². The average molecular weight is 423 g/mol. The highest BCUT2D eigenvalue weighted by Gasteiger charge is 2.13. The number of thioether (sulfide) groups is 1. The minimum atomic E-state index is -0.0290. The fraction of sp³-hybridized carbons (Fsp3) is 0.348. The predicted octanol–water partition coefficient (Wildman–Crippen LogP) is 3.68. The first-order valence-corrected chi connectivity index (χ1v) is 11.2. The van der Waals surface area contributed by atoms with Crippen molar-refractivity contribution in [3.63, 3.8) is 0 Å². The number of nitrogens with zero attached hydrogens (tertiary/aromatic N) is 3. The first-order chi connectivity index (χ1) is 14.7. The molecule has 0 aliphatic heterocycles. The van der Waals surface area contributed by atoms with Crippen LogP contribution in [0.5, 0.6) is 5.75 Å². The molecule has 1 aliphatic carbocycles. The molecule has 1 aliphatic rings. The van der Waals surface area contributed by atoms with E-state index in [0.717, 1.165) is 23.6 Å². The molecule has 2 aromatic carbocycles. The van der Waals surface area contributed by atoms with Gasteiger partial charge >= 0.3 is 0 Å². The summed E-state index contributed by atoms with van der Waals surface area (Å²) in [5, 5.41) is 12.1. The summed E-state index contributed by atoms with van der Waals surface area (Å²) in [5.41, 5.74) is 3.92. The van der Waals surface area contributed by atoms with Gasteiger partial charge in [-0.05, 0) is 54.5 Å². The van der Waals surface area contributed by atoms with E-state index in [1.165, 1.54) is 42.2 Å². The second-order valence-corrected chi connectivity index (χ2v) is 8.38. The van der Waals surface area contributed by atoms with Crippen LogP contribution >= 0.6 is 11.8 Å². The summed E-state index contributed by atoms with van der Waals surface area (Å²) in [6.07, 6.45) is 4.82. The molecule has 1 amide bonds. The zero-order valence-electron chi connectivity index (χ0n) is 17.1. The van der Waals surface area contributed by atoms with Crippen molar-refractivity contribution in [3.05, 3.63) is 71.0 Å². The fourth-order valence-electron chi connectivity index (χ4n) is 3.52. The Morgan fingerprint density at radius 2 is 1.90 bits per heavy atom. The number of hydrogen-bond acceptors (Lipinski definition) is 5. The normalized spacial score (nSPS) is 13.0. The standard InChI is InChI=1S/C23H26N4O2S/c1-27-21(15-29-20-12-11-18-9-5-6-10-19(18)13-20)25-26-23(27)30-16-22(28)24-14-17-7-3-2-4-8-17/h2-4,7-8,11-13H,5-6,9-10,14-16H2,1H3,(H,24,28). The van der Waals surface area contributed by atoms with Gasteiger partial charge in [0.2, 0.25) is 5.91 Å². The van der Waals surface area contributed by atoms with Crippen LogP contribution in [0.2, 0.25) is 0 Å². The number of carbonyl (C=O) groups excluding carboxylic acids is 1. The summed E-state index contributed by atoms with van der Waals surface area (Å²) < 4.78 is 7.84. The molecule has 0 spiro atoms. The molecule has 1 heterocycles. The molecule has 3 aromatic rings. The Balaban J connectivity index is 1.27. The van der Waals surface area contributed by atoms with Crippen molar-refractivity contribution in [3.8, 4) is 5.75 Å². The van der Waals surface area contributed by atoms with Crippen LogP contribution in [-0.4, -0.2) is 26.4 Å². The maximum absolute atomic E-state index is 12.1. The van der Waals surface area contributed by atoms with E-state index < -0.39 is 0 Å². The second kappa shape index (κ2) is 9.80. The maximum atomic E-state index is 12.1. The van der Waals surface area contributed by atoms with Gasteiger partial charge in [-0.2, -0.15) is 0 Å². The van der Waals surface area contributed by atoms with Crippen molar-refractivity contribution in [2.24, 2.45) is 7.05 Å². The third-order valence-corrected chi connectivity index (χ3v) is 6.30. The van der Waals surface area contributed by atoms with E-state index in [-0.39, 0.29) is 5.91 Å². The van der Waals surface area contributed by atoms with E-state index in [9.17, 15) is 4.79 Å². The summed E-state index contributed by atoms with van der Waals surface area (Å²) in [4.78, 5) is 12.1. The summed E-state index contributed by atoms with van der Waals surface area (Å²) in [6, 6.07) is 16.2. The van der Waals surface area contributed by atoms with Crippen molar-refractivity contribution < 1.29 is 9.53 Å². The number of aryl methyl sites for hydroxylation is 2. The zero-order chi connectivity index (χ0) is 20.8. The van der Waals surface area contributed by atoms with Crippen LogP contribution in [0.1, 0.15) is 35.4 Å². The maximum Gasteiger partial charge on any atom is 0.230 e. The van der Waals surface area contributed by atoms with Gasteiger partial charge in [-0.1, -0.05) is 48.2 Å². The minimum absolute atomic E-state index is 0.0290. The van der Waals surface area contributed by atoms with E-state index in [1.54, 1.807) is 0 Å². The van der Waals surface area contributed by atoms with Gasteiger partial charge < -0.3 is 14.6 Å². The highest BCUT2D eigenvalue weighted by molar-refractivity contribution is 7.99. The number of nitrogens with one attached hydrogen (secondary N) is 1. The van der Waals surface area contributed by atoms with E-state index in [4.69, 9.17) is 4.74 Å². The van der Waals surface area contributed by atoms with Gasteiger partial charge in [-0.15, -0.1) is 10.2 Å². The quantitative estimate of drug-likeness (QED) is 0.561. The lowest BCUT2D eigenvalue weighted by molar-refractivity contribution is -0.118. The van der Waals surface area contributed by atoms with Crippen LogP contribution in [0.25, 0.3) is 0 Å². The number of benzene rings is 2. The zero-order valence-corrected chi connectivity index (χ0v) is 18.0. The molecule has 7 heteroatoms. The Hall–Kier alpha value is -2.80. The fourth-order valence-corrected chi connectivity index (χ4v) is 4.28. The molecule has 30 heavy (non-hydrogen) atoms. The number of ether oxygens (including phenoxy) is 1. The highest BCUT2D eigenvalue weighted by atomic mass is 32.2. The van der Waals surface area contributed by atoms with Gasteiger partial charge in [-0.25, -0.2) is 0 Å². The lowest BCUT2D eigenvalue weighted by atomic mass is 9.92. The third kappa shape index (κ3) is 5.21. The van der Waals surface area contributed by atoms with E-state index in [1.807, 2.05) is 48.0 Å². The van der Waals surface area contributed by atoms with Crippen LogP contribution in [0.15, 0.2) is 53.7 Å². The molecule has 0 radical (unpaired) electrons. The largest absolute Gasteiger partial charge is 0.486 e. The Kier molecular flexibility index (Phi) is 6.69. The first-order valence-electron chi connectivity index (χ1n) is 10.3. The number of rotatable bonds is 8. The summed E-state index contributed by atoms with van der Waals surface area (Å²) in [6.45, 7) is 0.877. The van der Waals surface area contributed by atoms with Crippen molar-refractivity contribution in [2.45, 2.75) is 44.0 Å². The molecule has 0 saturated heterocycles. The molecule has 156 valence electrons. The van der Waals surface area contributed by atoms with Crippen LogP contribution in [0, 0.1) is 0 Å². The number of carbonyl (C=O) groups is 1. The van der Waals surface area contributed by atoms with Crippen LogP contribution < -0.4 is 10.1 Å². The third-order valence-electron chi connectivity index (χ3n) is 5.28. The molecule has 0 bridgehead atoms. The van der Waals surface area contributed by atoms with Gasteiger partial charge in [0.1, 0.15) is 12.4 Å². The molecule has 1 aromatic heterocycles. The monoisotopic (exact) mass is 422 g/mol. The molecular weight excluding hydrogens is 396 g/mol. The lowest BCUT2D eigenvalue weighted by Gasteiger charge is -2.16. The predicted molar refractivity (Wildman–Crippen MR) is 117 cm³/mol. The lowest BCUT2D eigenvalue weighted by Crippen LogP contribution is -2.24. The van der Waals surface area contributed by atoms with Crippen molar-refractivity contribution >= 4 is 17.7 Å². The minimum Gasteiger partial charge on any atom is -0.486 e. The summed E-state index contributed by atoms with van der Waals surface area (Å²) >= 11 is 1.37. The molecule has 6 nitrogen and oxygen atoms in total. The molecule has 4 rings (SSSR count). The van der Waals surface area contributed by atoms with Crippen molar-refractivity contribution in [1.29, 1.82) is 0 Å². The van der Waals surface area contributed by atoms with Gasteiger partial charge in [0.05, 0.1) is 5.75 Å². The van der Waals surface area contributed by atoms with Crippen LogP contribution in [0.4, 0.5) is 0 Å². The Labute approximate surface area is 181 Å². The van der Waals surface area contributed by atoms with Crippen molar-refractivity contribution in [1.82, 2.24) is 20.1 Å². The molecule has 0 saturated carbocycles. The molecule has 0 fully saturated rings. The number of aromatic nitrogens is 3. The van der Waals surface area contributed by atoms with Crippen LogP contribution in [-0.2, 0) is 37.8 Å². The van der Waals surface area contributed by atoms with Gasteiger partial charge in [0.15, 0.2) is 11.0 Å². The number of hydrogen-bond donors (Lipinski definition) is 1. The average Bonchev–Trinajstić information content (AvgIpc) is 3.14. The van der Waals surface area contributed by atoms with Gasteiger partial charge in [0.25, 0.3) is 0 Å². The Morgan fingerprint density at radius 3 is 2.73 bits per heavy atom. The first kappa shape index (κ1) is 20.5. The molecule has 0 atom stereocenters.